The Morgan fingerprint density at radius 3 is 2.48 bits per heavy atom. The van der Waals surface area contributed by atoms with E-state index >= 15 is 0 Å². The monoisotopic (exact) mass is 330 g/mol. The average Bonchev–Trinajstić information content (AvgIpc) is 2.41. The van der Waals surface area contributed by atoms with Gasteiger partial charge in [0, 0.05) is 38.8 Å². The van der Waals surface area contributed by atoms with Gasteiger partial charge >= 0.3 is 0 Å². The van der Waals surface area contributed by atoms with E-state index in [9.17, 15) is 13.6 Å². The van der Waals surface area contributed by atoms with Crippen LogP contribution >= 0.6 is 0 Å². The summed E-state index contributed by atoms with van der Waals surface area (Å²) in [6, 6.07) is 4.22. The van der Waals surface area contributed by atoms with Gasteiger partial charge in [0.25, 0.3) is 0 Å². The number of benzene rings is 1. The maximum absolute atomic E-state index is 13.5. The van der Waals surface area contributed by atoms with E-state index in [2.05, 4.69) is 12.2 Å². The van der Waals surface area contributed by atoms with Gasteiger partial charge in [0.2, 0.25) is 5.91 Å². The van der Waals surface area contributed by atoms with Crippen LogP contribution < -0.4 is 5.32 Å². The number of hydrogen-bond donors (Lipinski definition) is 1. The summed E-state index contributed by atoms with van der Waals surface area (Å²) in [5, 5.41) is 2.54. The number of rotatable bonds is 7. The molecule has 0 bridgehead atoms. The van der Waals surface area contributed by atoms with Gasteiger partial charge in [-0.2, -0.15) is 0 Å². The van der Waals surface area contributed by atoms with Crippen LogP contribution in [-0.4, -0.2) is 5.91 Å². The van der Waals surface area contributed by atoms with E-state index in [-0.39, 0.29) is 33.3 Å². The fourth-order valence-electron chi connectivity index (χ4n) is 2.03. The molecule has 116 valence electrons. The average molecular weight is 330 g/mol. The van der Waals surface area contributed by atoms with E-state index in [1.54, 1.807) is 0 Å². The van der Waals surface area contributed by atoms with Gasteiger partial charge in [-0.05, 0) is 18.5 Å². The van der Waals surface area contributed by atoms with Crippen molar-refractivity contribution in [3.63, 3.8) is 0 Å². The summed E-state index contributed by atoms with van der Waals surface area (Å²) in [5.74, 6) is -1.87. The van der Waals surface area contributed by atoms with Crippen molar-refractivity contribution in [3.05, 3.63) is 29.8 Å². The molecule has 0 fully saturated rings. The molecule has 0 aromatic heterocycles. The molecule has 1 unspecified atom stereocenters. The predicted octanol–water partition coefficient (Wildman–Crippen LogP) is 4.70. The molecule has 0 radical (unpaired) electrons. The number of halogens is 2. The van der Waals surface area contributed by atoms with E-state index in [0.29, 0.717) is 6.42 Å². The Balaban J connectivity index is 0.00000400. The molecule has 1 N–H and O–H groups in total. The van der Waals surface area contributed by atoms with Crippen molar-refractivity contribution in [1.82, 2.24) is 0 Å². The standard InChI is InChI=1S/C16H22F2NO.Ti/c1-4-6-7-10-16(3,5-2)15(20)19-14-9-8-12(17)11-13(14)18;/h8-9H,4-7,10H2,1-3H3,(H,19,20);/q-1;. The molecule has 0 aliphatic rings. The summed E-state index contributed by atoms with van der Waals surface area (Å²) in [6.45, 7) is 5.93. The first-order valence-corrected chi connectivity index (χ1v) is 7.11. The molecule has 1 rings (SSSR count). The van der Waals surface area contributed by atoms with Crippen LogP contribution in [0.25, 0.3) is 0 Å². The Hall–Kier alpha value is -0.736. The first-order chi connectivity index (χ1) is 9.42. The van der Waals surface area contributed by atoms with E-state index in [1.165, 1.54) is 6.07 Å². The molecule has 0 saturated heterocycles. The van der Waals surface area contributed by atoms with Crippen molar-refractivity contribution in [3.8, 4) is 0 Å². The molecule has 1 amide bonds. The van der Waals surface area contributed by atoms with Crippen molar-refractivity contribution < 1.29 is 35.3 Å². The first-order valence-electron chi connectivity index (χ1n) is 7.11. The molecule has 2 nitrogen and oxygen atoms in total. The minimum Gasteiger partial charge on any atom is -0.376 e. The Morgan fingerprint density at radius 1 is 1.29 bits per heavy atom. The third kappa shape index (κ3) is 5.87. The Labute approximate surface area is 140 Å². The Bertz CT molecular complexity index is 468. The van der Waals surface area contributed by atoms with E-state index in [0.717, 1.165) is 31.7 Å². The summed E-state index contributed by atoms with van der Waals surface area (Å²) in [6.07, 6.45) is 4.56. The van der Waals surface area contributed by atoms with Crippen molar-refractivity contribution in [2.75, 3.05) is 5.32 Å². The molecular formula is C16H22F2NOTi-. The second-order valence-electron chi connectivity index (χ2n) is 5.36. The van der Waals surface area contributed by atoms with E-state index in [1.807, 2.05) is 19.9 Å². The molecule has 1 aromatic rings. The molecule has 0 aliphatic heterocycles. The summed E-state index contributed by atoms with van der Waals surface area (Å²) in [4.78, 5) is 12.3. The third-order valence-electron chi connectivity index (χ3n) is 3.77. The van der Waals surface area contributed by atoms with E-state index < -0.39 is 17.0 Å². The van der Waals surface area contributed by atoms with Gasteiger partial charge in [-0.3, -0.25) is 4.79 Å². The minimum absolute atomic E-state index is 0. The van der Waals surface area contributed by atoms with Crippen LogP contribution in [0.4, 0.5) is 14.5 Å². The zero-order chi connectivity index (χ0) is 15.2. The maximum Gasteiger partial charge on any atom is 0.219 e. The number of carbonyl (C=O) groups excluding carboxylic acids is 1. The number of nitrogens with one attached hydrogen (secondary N) is 1. The Morgan fingerprint density at radius 2 is 1.95 bits per heavy atom. The molecule has 0 heterocycles. The number of anilines is 1. The van der Waals surface area contributed by atoms with Crippen molar-refractivity contribution >= 4 is 11.6 Å². The second-order valence-corrected chi connectivity index (χ2v) is 5.36. The SMILES string of the molecule is CCCCCC(C)(CC)C(=O)Nc1ccc(F)[c-]c1F.[Ti]. The zero-order valence-corrected chi connectivity index (χ0v) is 14.4. The van der Waals surface area contributed by atoms with Gasteiger partial charge in [-0.1, -0.05) is 40.0 Å². The molecule has 0 spiro atoms. The quantitative estimate of drug-likeness (QED) is 0.438. The van der Waals surface area contributed by atoms with Crippen molar-refractivity contribution in [2.24, 2.45) is 5.41 Å². The van der Waals surface area contributed by atoms with Gasteiger partial charge < -0.3 is 5.32 Å². The number of carbonyl (C=O) groups is 1. The fraction of sp³-hybridized carbons (Fsp3) is 0.562. The maximum atomic E-state index is 13.5. The van der Waals surface area contributed by atoms with Crippen LogP contribution in [0.15, 0.2) is 12.1 Å². The Kier molecular flexibility index (Phi) is 8.99. The fourth-order valence-corrected chi connectivity index (χ4v) is 2.03. The van der Waals surface area contributed by atoms with Crippen LogP contribution in [0.2, 0.25) is 0 Å². The molecule has 5 heteroatoms. The molecule has 21 heavy (non-hydrogen) atoms. The number of amides is 1. The van der Waals surface area contributed by atoms with Crippen LogP contribution in [-0.2, 0) is 26.5 Å². The van der Waals surface area contributed by atoms with Gasteiger partial charge in [0.1, 0.15) is 0 Å². The summed E-state index contributed by atoms with van der Waals surface area (Å²) >= 11 is 0. The van der Waals surface area contributed by atoms with Crippen LogP contribution in [0.1, 0.15) is 52.9 Å². The van der Waals surface area contributed by atoms with Gasteiger partial charge in [0.15, 0.2) is 0 Å². The number of hydrogen-bond acceptors (Lipinski definition) is 1. The van der Waals surface area contributed by atoms with Gasteiger partial charge in [-0.15, -0.1) is 18.2 Å². The first kappa shape index (κ1) is 20.3. The molecular weight excluding hydrogens is 308 g/mol. The predicted molar refractivity (Wildman–Crippen MR) is 76.4 cm³/mol. The third-order valence-corrected chi connectivity index (χ3v) is 3.77. The van der Waals surface area contributed by atoms with Gasteiger partial charge in [0.05, 0.1) is 0 Å². The zero-order valence-electron chi connectivity index (χ0n) is 12.9. The van der Waals surface area contributed by atoms with Gasteiger partial charge in [-0.25, -0.2) is 8.78 Å². The minimum atomic E-state index is -0.870. The van der Waals surface area contributed by atoms with Crippen molar-refractivity contribution in [2.45, 2.75) is 52.9 Å². The van der Waals surface area contributed by atoms with Crippen molar-refractivity contribution in [1.29, 1.82) is 0 Å². The summed E-state index contributed by atoms with van der Waals surface area (Å²) in [7, 11) is 0. The topological polar surface area (TPSA) is 29.1 Å². The molecule has 1 atom stereocenters. The largest absolute Gasteiger partial charge is 0.376 e. The van der Waals surface area contributed by atoms with E-state index in [4.69, 9.17) is 0 Å². The smallest absolute Gasteiger partial charge is 0.219 e. The summed E-state index contributed by atoms with van der Waals surface area (Å²) < 4.78 is 26.3. The van der Waals surface area contributed by atoms with Crippen LogP contribution in [0, 0.1) is 23.1 Å². The van der Waals surface area contributed by atoms with Crippen LogP contribution in [0.5, 0.6) is 0 Å². The normalized spacial score (nSPS) is 13.2. The molecule has 0 saturated carbocycles. The number of unbranched alkanes of at least 4 members (excludes halogenated alkanes) is 2. The summed E-state index contributed by atoms with van der Waals surface area (Å²) in [5.41, 5.74) is -0.553. The van der Waals surface area contributed by atoms with Crippen LogP contribution in [0.3, 0.4) is 0 Å². The second kappa shape index (κ2) is 9.32. The molecule has 0 aliphatic carbocycles. The molecule has 1 aromatic carbocycles.